The minimum absolute atomic E-state index is 0.0260. The van der Waals surface area contributed by atoms with Crippen molar-refractivity contribution in [3.63, 3.8) is 0 Å². The first-order valence-electron chi connectivity index (χ1n) is 7.95. The monoisotopic (exact) mass is 363 g/mol. The minimum atomic E-state index is -0.836. The molecule has 0 aliphatic carbocycles. The summed E-state index contributed by atoms with van der Waals surface area (Å²) in [5.41, 5.74) is -0.974. The molecule has 0 spiro atoms. The molecule has 0 amide bonds. The van der Waals surface area contributed by atoms with E-state index in [-0.39, 0.29) is 28.6 Å². The SMILES string of the molecule is COc1cc(-c2noc(C3CCOCC3)n2)c(C(C)=O)c([N+](=O)[O-])c1O. The maximum Gasteiger partial charge on any atom is 0.326 e. The van der Waals surface area contributed by atoms with Gasteiger partial charge in [-0.2, -0.15) is 4.98 Å². The van der Waals surface area contributed by atoms with Crippen LogP contribution in [0, 0.1) is 10.1 Å². The molecule has 0 unspecified atom stereocenters. The van der Waals surface area contributed by atoms with E-state index in [2.05, 4.69) is 10.1 Å². The number of hydrogen-bond donors (Lipinski definition) is 1. The molecule has 138 valence electrons. The summed E-state index contributed by atoms with van der Waals surface area (Å²) in [5.74, 6) is -1.05. The van der Waals surface area contributed by atoms with Gasteiger partial charge in [-0.3, -0.25) is 14.9 Å². The van der Waals surface area contributed by atoms with E-state index in [1.54, 1.807) is 0 Å². The normalized spacial score (nSPS) is 15.0. The number of carbonyl (C=O) groups excluding carboxylic acids is 1. The lowest BCUT2D eigenvalue weighted by molar-refractivity contribution is -0.386. The molecule has 1 saturated heterocycles. The molecule has 0 atom stereocenters. The van der Waals surface area contributed by atoms with Crippen LogP contribution in [0.1, 0.15) is 41.9 Å². The Bertz CT molecular complexity index is 856. The summed E-state index contributed by atoms with van der Waals surface area (Å²) in [6.45, 7) is 2.33. The summed E-state index contributed by atoms with van der Waals surface area (Å²) in [5, 5.41) is 25.4. The topological polar surface area (TPSA) is 138 Å². The van der Waals surface area contributed by atoms with E-state index in [9.17, 15) is 20.0 Å². The molecule has 0 radical (unpaired) electrons. The molecule has 10 heteroatoms. The van der Waals surface area contributed by atoms with Gasteiger partial charge in [0.05, 0.1) is 12.0 Å². The molecule has 1 aromatic heterocycles. The molecule has 1 aliphatic rings. The van der Waals surface area contributed by atoms with Crippen molar-refractivity contribution >= 4 is 11.5 Å². The number of phenols is 1. The van der Waals surface area contributed by atoms with Crippen molar-refractivity contribution in [2.45, 2.75) is 25.7 Å². The van der Waals surface area contributed by atoms with Gasteiger partial charge in [-0.05, 0) is 25.8 Å². The summed E-state index contributed by atoms with van der Waals surface area (Å²) in [7, 11) is 1.25. The van der Waals surface area contributed by atoms with Gasteiger partial charge in [-0.15, -0.1) is 0 Å². The Balaban J connectivity index is 2.15. The minimum Gasteiger partial charge on any atom is -0.499 e. The highest BCUT2D eigenvalue weighted by molar-refractivity contribution is 6.05. The summed E-state index contributed by atoms with van der Waals surface area (Å²) in [6, 6.07) is 1.29. The van der Waals surface area contributed by atoms with Crippen LogP contribution in [-0.2, 0) is 4.74 Å². The molecule has 1 aliphatic heterocycles. The second-order valence-electron chi connectivity index (χ2n) is 5.85. The van der Waals surface area contributed by atoms with Crippen molar-refractivity contribution in [1.82, 2.24) is 10.1 Å². The number of nitro groups is 1. The second kappa shape index (κ2) is 7.08. The standard InChI is InChI=1S/C16H17N3O7/c1-8(20)12-10(7-11(24-2)14(21)13(12)19(22)23)15-17-16(26-18-15)9-3-5-25-6-4-9/h7,9,21H,3-6H2,1-2H3. The van der Waals surface area contributed by atoms with E-state index in [0.29, 0.717) is 19.1 Å². The number of nitro benzene ring substituents is 1. The fourth-order valence-electron chi connectivity index (χ4n) is 2.96. The zero-order chi connectivity index (χ0) is 18.8. The molecule has 1 aromatic carbocycles. The van der Waals surface area contributed by atoms with Gasteiger partial charge in [0.25, 0.3) is 0 Å². The number of aromatic nitrogens is 2. The number of Topliss-reactive ketones (excluding diaryl/α,β-unsaturated/α-hetero) is 1. The first kappa shape index (κ1) is 17.8. The lowest BCUT2D eigenvalue weighted by Gasteiger charge is -2.17. The number of nitrogens with zero attached hydrogens (tertiary/aromatic N) is 3. The number of ketones is 1. The molecule has 0 saturated carbocycles. The molecule has 0 bridgehead atoms. The van der Waals surface area contributed by atoms with Gasteiger partial charge in [0, 0.05) is 24.7 Å². The van der Waals surface area contributed by atoms with Crippen LogP contribution in [0.2, 0.25) is 0 Å². The summed E-state index contributed by atoms with van der Waals surface area (Å²) in [6.07, 6.45) is 1.44. The Morgan fingerprint density at radius 1 is 1.42 bits per heavy atom. The van der Waals surface area contributed by atoms with Crippen molar-refractivity contribution < 1.29 is 28.8 Å². The van der Waals surface area contributed by atoms with Gasteiger partial charge in [0.2, 0.25) is 17.5 Å². The van der Waals surface area contributed by atoms with Gasteiger partial charge in [0.1, 0.15) is 5.56 Å². The van der Waals surface area contributed by atoms with Crippen molar-refractivity contribution in [2.75, 3.05) is 20.3 Å². The predicted octanol–water partition coefficient (Wildman–Crippen LogP) is 2.46. The van der Waals surface area contributed by atoms with Crippen LogP contribution in [0.3, 0.4) is 0 Å². The third-order valence-corrected chi connectivity index (χ3v) is 4.25. The van der Waals surface area contributed by atoms with Crippen LogP contribution < -0.4 is 4.74 Å². The fraction of sp³-hybridized carbons (Fsp3) is 0.438. The molecule has 10 nitrogen and oxygen atoms in total. The number of phenolic OH excluding ortho intramolecular Hbond substituents is 1. The Morgan fingerprint density at radius 3 is 2.69 bits per heavy atom. The quantitative estimate of drug-likeness (QED) is 0.482. The van der Waals surface area contributed by atoms with E-state index in [0.717, 1.165) is 19.8 Å². The van der Waals surface area contributed by atoms with Crippen LogP contribution in [-0.4, -0.2) is 46.3 Å². The Kier molecular flexibility index (Phi) is 4.85. The number of benzene rings is 1. The van der Waals surface area contributed by atoms with Gasteiger partial charge in [-0.25, -0.2) is 0 Å². The van der Waals surface area contributed by atoms with E-state index in [1.807, 2.05) is 0 Å². The van der Waals surface area contributed by atoms with E-state index >= 15 is 0 Å². The van der Waals surface area contributed by atoms with Crippen LogP contribution in [0.15, 0.2) is 10.6 Å². The lowest BCUT2D eigenvalue weighted by atomic mass is 9.99. The van der Waals surface area contributed by atoms with Crippen molar-refractivity contribution in [3.05, 3.63) is 27.6 Å². The third-order valence-electron chi connectivity index (χ3n) is 4.25. The van der Waals surface area contributed by atoms with Crippen LogP contribution in [0.4, 0.5) is 5.69 Å². The van der Waals surface area contributed by atoms with Crippen LogP contribution in [0.5, 0.6) is 11.5 Å². The Labute approximate surface area is 147 Å². The fourth-order valence-corrected chi connectivity index (χ4v) is 2.96. The van der Waals surface area contributed by atoms with Crippen molar-refractivity contribution in [1.29, 1.82) is 0 Å². The Morgan fingerprint density at radius 2 is 2.12 bits per heavy atom. The number of aromatic hydroxyl groups is 1. The van der Waals surface area contributed by atoms with Gasteiger partial charge >= 0.3 is 5.69 Å². The number of hydrogen-bond acceptors (Lipinski definition) is 9. The van der Waals surface area contributed by atoms with Gasteiger partial charge in [0.15, 0.2) is 11.5 Å². The van der Waals surface area contributed by atoms with Crippen LogP contribution in [0.25, 0.3) is 11.4 Å². The highest BCUT2D eigenvalue weighted by Gasteiger charge is 2.33. The van der Waals surface area contributed by atoms with E-state index in [4.69, 9.17) is 14.0 Å². The molecule has 1 fully saturated rings. The molecule has 2 aromatic rings. The highest BCUT2D eigenvalue weighted by atomic mass is 16.6. The Hall–Kier alpha value is -3.01. The highest BCUT2D eigenvalue weighted by Crippen LogP contribution is 2.44. The molecule has 2 heterocycles. The van der Waals surface area contributed by atoms with Crippen molar-refractivity contribution in [2.24, 2.45) is 0 Å². The second-order valence-corrected chi connectivity index (χ2v) is 5.85. The maximum atomic E-state index is 12.1. The van der Waals surface area contributed by atoms with E-state index in [1.165, 1.54) is 13.2 Å². The zero-order valence-corrected chi connectivity index (χ0v) is 14.2. The summed E-state index contributed by atoms with van der Waals surface area (Å²) in [4.78, 5) is 26.9. The largest absolute Gasteiger partial charge is 0.499 e. The average molecular weight is 363 g/mol. The third kappa shape index (κ3) is 3.10. The maximum absolute atomic E-state index is 12.1. The molecular formula is C16H17N3O7. The first-order chi connectivity index (χ1) is 12.4. The summed E-state index contributed by atoms with van der Waals surface area (Å²) >= 11 is 0. The number of rotatable bonds is 5. The summed E-state index contributed by atoms with van der Waals surface area (Å²) < 4.78 is 15.6. The first-order valence-corrected chi connectivity index (χ1v) is 7.95. The molecule has 3 rings (SSSR count). The van der Waals surface area contributed by atoms with Gasteiger partial charge < -0.3 is 19.1 Å². The molecule has 1 N–H and O–H groups in total. The zero-order valence-electron chi connectivity index (χ0n) is 14.2. The lowest BCUT2D eigenvalue weighted by Crippen LogP contribution is -2.14. The smallest absolute Gasteiger partial charge is 0.326 e. The number of methoxy groups -OCH3 is 1. The predicted molar refractivity (Wildman–Crippen MR) is 87.4 cm³/mol. The van der Waals surface area contributed by atoms with Crippen molar-refractivity contribution in [3.8, 4) is 22.9 Å². The van der Waals surface area contributed by atoms with Gasteiger partial charge in [-0.1, -0.05) is 5.16 Å². The molecular weight excluding hydrogens is 346 g/mol. The molecule has 26 heavy (non-hydrogen) atoms. The number of carbonyl (C=O) groups is 1. The van der Waals surface area contributed by atoms with Crippen LogP contribution >= 0.6 is 0 Å². The number of ether oxygens (including phenoxy) is 2. The average Bonchev–Trinajstić information content (AvgIpc) is 3.11. The van der Waals surface area contributed by atoms with E-state index < -0.39 is 22.1 Å².